The number of benzene rings is 2. The minimum absolute atomic E-state index is 0.00423. The number of rotatable bonds is 5. The van der Waals surface area contributed by atoms with Gasteiger partial charge in [-0.2, -0.15) is 0 Å². The van der Waals surface area contributed by atoms with Gasteiger partial charge in [-0.3, -0.25) is 19.1 Å². The Hall–Kier alpha value is -3.91. The summed E-state index contributed by atoms with van der Waals surface area (Å²) in [5.74, 6) is -6.45. The largest absolute Gasteiger partial charge is 0.472 e. The lowest BCUT2D eigenvalue weighted by atomic mass is 9.81. The first-order valence-electron chi connectivity index (χ1n) is 16.9. The highest BCUT2D eigenvalue weighted by Crippen LogP contribution is 2.37. The molecule has 2 saturated heterocycles. The van der Waals surface area contributed by atoms with Crippen LogP contribution < -0.4 is 20.5 Å². The zero-order chi connectivity index (χ0) is 35.1. The van der Waals surface area contributed by atoms with E-state index in [0.717, 1.165) is 16.2 Å². The topological polar surface area (TPSA) is 161 Å². The molecule has 49 heavy (non-hydrogen) atoms. The molecule has 1 unspecified atom stereocenters. The SMILES string of the molecule is CC1CC(F)(F)CCCCC[C@H](N)C(=O)N2C[C@H](Oc3nc4ccccc4c4ccccc34)C[C@H]2C(=O)N[C@@]1(C)C(=O)NS(=O)(=O)C1CC1. The number of carbonyl (C=O) groups excluding carboxylic acids is 3. The van der Waals surface area contributed by atoms with Crippen molar-refractivity contribution in [2.45, 2.75) is 107 Å². The molecule has 11 nitrogen and oxygen atoms in total. The maximum absolute atomic E-state index is 15.2. The molecule has 3 fully saturated rings. The van der Waals surface area contributed by atoms with Crippen LogP contribution in [0.4, 0.5) is 8.78 Å². The van der Waals surface area contributed by atoms with E-state index in [1.165, 1.54) is 18.7 Å². The van der Waals surface area contributed by atoms with Crippen LogP contribution in [0.3, 0.4) is 0 Å². The molecule has 3 aliphatic rings. The lowest BCUT2D eigenvalue weighted by molar-refractivity contribution is -0.142. The molecular formula is C35H43F2N5O6S. The van der Waals surface area contributed by atoms with Crippen molar-refractivity contribution in [2.24, 2.45) is 11.7 Å². The summed E-state index contributed by atoms with van der Waals surface area (Å²) in [7, 11) is -4.07. The Morgan fingerprint density at radius 3 is 2.41 bits per heavy atom. The third-order valence-electron chi connectivity index (χ3n) is 10.2. The molecule has 0 radical (unpaired) electrons. The Labute approximate surface area is 284 Å². The van der Waals surface area contributed by atoms with Gasteiger partial charge in [-0.15, -0.1) is 0 Å². The molecule has 264 valence electrons. The van der Waals surface area contributed by atoms with E-state index in [4.69, 9.17) is 15.5 Å². The number of amides is 3. The number of ether oxygens (including phenoxy) is 1. The smallest absolute Gasteiger partial charge is 0.259 e. The van der Waals surface area contributed by atoms with Crippen molar-refractivity contribution < 1.29 is 36.3 Å². The van der Waals surface area contributed by atoms with E-state index in [-0.39, 0.29) is 25.8 Å². The first kappa shape index (κ1) is 34.9. The van der Waals surface area contributed by atoms with E-state index >= 15 is 8.78 Å². The normalized spacial score (nSPS) is 28.7. The van der Waals surface area contributed by atoms with E-state index in [0.29, 0.717) is 37.1 Å². The van der Waals surface area contributed by atoms with Gasteiger partial charge in [-0.1, -0.05) is 56.2 Å². The quantitative estimate of drug-likeness (QED) is 0.335. The number of para-hydroxylation sites is 1. The van der Waals surface area contributed by atoms with Gasteiger partial charge in [0.05, 0.1) is 23.4 Å². The fourth-order valence-electron chi connectivity index (χ4n) is 6.95. The molecule has 3 amide bonds. The molecular weight excluding hydrogens is 656 g/mol. The van der Waals surface area contributed by atoms with Gasteiger partial charge in [0, 0.05) is 30.0 Å². The molecule has 0 spiro atoms. The summed E-state index contributed by atoms with van der Waals surface area (Å²) in [5.41, 5.74) is 4.96. The highest BCUT2D eigenvalue weighted by molar-refractivity contribution is 7.91. The van der Waals surface area contributed by atoms with E-state index in [1.807, 2.05) is 53.3 Å². The number of pyridine rings is 1. The molecule has 5 atom stereocenters. The maximum Gasteiger partial charge on any atom is 0.259 e. The Bertz CT molecular complexity index is 1870. The van der Waals surface area contributed by atoms with Crippen molar-refractivity contribution in [3.05, 3.63) is 48.5 Å². The lowest BCUT2D eigenvalue weighted by Gasteiger charge is -2.38. The van der Waals surface area contributed by atoms with Crippen LogP contribution in [0.25, 0.3) is 21.7 Å². The van der Waals surface area contributed by atoms with Crippen LogP contribution in [-0.4, -0.2) is 77.5 Å². The van der Waals surface area contributed by atoms with Crippen molar-refractivity contribution in [1.29, 1.82) is 0 Å². The molecule has 3 aromatic rings. The molecule has 2 aliphatic heterocycles. The predicted octanol–water partition coefficient (Wildman–Crippen LogP) is 4.17. The fourth-order valence-corrected chi connectivity index (χ4v) is 8.34. The Balaban J connectivity index is 1.33. The van der Waals surface area contributed by atoms with Crippen LogP contribution in [0.2, 0.25) is 0 Å². The zero-order valence-corrected chi connectivity index (χ0v) is 28.5. The molecule has 3 heterocycles. The van der Waals surface area contributed by atoms with E-state index in [9.17, 15) is 22.8 Å². The molecule has 1 aromatic heterocycles. The number of nitrogens with one attached hydrogen (secondary N) is 2. The Kier molecular flexibility index (Phi) is 9.57. The average molecular weight is 700 g/mol. The van der Waals surface area contributed by atoms with Crippen LogP contribution in [0.5, 0.6) is 5.88 Å². The number of sulfonamides is 1. The van der Waals surface area contributed by atoms with E-state index < -0.39 is 81.4 Å². The van der Waals surface area contributed by atoms with Crippen molar-refractivity contribution >= 4 is 49.4 Å². The number of halogens is 2. The number of aromatic nitrogens is 1. The van der Waals surface area contributed by atoms with Crippen LogP contribution in [0.15, 0.2) is 48.5 Å². The van der Waals surface area contributed by atoms with Gasteiger partial charge in [0.2, 0.25) is 33.6 Å². The molecule has 2 aromatic carbocycles. The number of alkyl halides is 2. The van der Waals surface area contributed by atoms with Crippen LogP contribution in [0, 0.1) is 5.92 Å². The highest BCUT2D eigenvalue weighted by atomic mass is 32.2. The predicted molar refractivity (Wildman–Crippen MR) is 180 cm³/mol. The van der Waals surface area contributed by atoms with Gasteiger partial charge in [-0.25, -0.2) is 22.2 Å². The van der Waals surface area contributed by atoms with E-state index in [1.54, 1.807) is 0 Å². The molecule has 14 heteroatoms. The van der Waals surface area contributed by atoms with Crippen LogP contribution in [0.1, 0.15) is 71.6 Å². The summed E-state index contributed by atoms with van der Waals surface area (Å²) in [6, 6.07) is 13.1. The van der Waals surface area contributed by atoms with Gasteiger partial charge < -0.3 is 20.7 Å². The summed E-state index contributed by atoms with van der Waals surface area (Å²) in [6.07, 6.45) is 0.0785. The second-order valence-electron chi connectivity index (χ2n) is 14.0. The van der Waals surface area contributed by atoms with Gasteiger partial charge >= 0.3 is 0 Å². The summed E-state index contributed by atoms with van der Waals surface area (Å²) < 4.78 is 64.5. The minimum atomic E-state index is -4.07. The average Bonchev–Trinajstić information content (AvgIpc) is 3.84. The second-order valence-corrected chi connectivity index (χ2v) is 16.0. The summed E-state index contributed by atoms with van der Waals surface area (Å²) >= 11 is 0. The molecule has 0 bridgehead atoms. The monoisotopic (exact) mass is 699 g/mol. The lowest BCUT2D eigenvalue weighted by Crippen LogP contribution is -2.64. The molecule has 1 saturated carbocycles. The van der Waals surface area contributed by atoms with Crippen LogP contribution in [-0.2, 0) is 24.4 Å². The minimum Gasteiger partial charge on any atom is -0.472 e. The Morgan fingerprint density at radius 2 is 1.69 bits per heavy atom. The van der Waals surface area contributed by atoms with E-state index in [2.05, 4.69) is 5.32 Å². The summed E-state index contributed by atoms with van der Waals surface area (Å²) in [4.78, 5) is 47.7. The third-order valence-corrected chi connectivity index (χ3v) is 12.0. The van der Waals surface area contributed by atoms with Gasteiger partial charge in [-0.05, 0) is 56.0 Å². The van der Waals surface area contributed by atoms with Crippen LogP contribution >= 0.6 is 0 Å². The summed E-state index contributed by atoms with van der Waals surface area (Å²) in [5, 5.41) is 4.47. The number of nitrogens with zero attached hydrogens (tertiary/aromatic N) is 2. The third kappa shape index (κ3) is 7.35. The number of nitrogens with two attached hydrogens (primary N) is 1. The molecule has 4 N–H and O–H groups in total. The zero-order valence-electron chi connectivity index (χ0n) is 27.7. The number of hydrogen-bond donors (Lipinski definition) is 3. The van der Waals surface area contributed by atoms with Gasteiger partial charge in [0.25, 0.3) is 5.91 Å². The van der Waals surface area contributed by atoms with Crippen molar-refractivity contribution in [3.8, 4) is 5.88 Å². The molecule has 6 rings (SSSR count). The Morgan fingerprint density at radius 1 is 1.02 bits per heavy atom. The fraction of sp³-hybridized carbons (Fsp3) is 0.543. The van der Waals surface area contributed by atoms with Gasteiger partial charge in [0.15, 0.2) is 0 Å². The molecule has 1 aliphatic carbocycles. The first-order valence-corrected chi connectivity index (χ1v) is 18.5. The second kappa shape index (κ2) is 13.4. The number of fused-ring (bicyclic) bond motifs is 4. The summed E-state index contributed by atoms with van der Waals surface area (Å²) in [6.45, 7) is 2.64. The van der Waals surface area contributed by atoms with Gasteiger partial charge in [0.1, 0.15) is 17.7 Å². The maximum atomic E-state index is 15.2. The van der Waals surface area contributed by atoms with Crippen molar-refractivity contribution in [2.75, 3.05) is 6.54 Å². The van der Waals surface area contributed by atoms with Crippen molar-refractivity contribution in [1.82, 2.24) is 19.9 Å². The number of carbonyl (C=O) groups is 3. The number of hydrogen-bond acceptors (Lipinski definition) is 8. The first-order chi connectivity index (χ1) is 23.2. The standard InChI is InChI=1S/C35H43F2N5O6S/c1-21-19-35(36,37)17-9-3-4-13-27(38)32(44)42-20-22(48-31-26-12-6-5-10-24(26)25-11-7-8-14-28(25)39-31)18-29(42)30(43)40-34(21,2)33(45)41-49(46,47)23-15-16-23/h5-8,10-12,14,21-23,27,29H,3-4,9,13,15-20,38H2,1-2H3,(H,40,43)(H,41,45)/t21?,22-,27+,29+,34-/m1/s1. The van der Waals surface area contributed by atoms with Crippen molar-refractivity contribution in [3.63, 3.8) is 0 Å². The highest BCUT2D eigenvalue weighted by Gasteiger charge is 2.50.